The van der Waals surface area contributed by atoms with Gasteiger partial charge >= 0.3 is 0 Å². The molecule has 1 unspecified atom stereocenters. The van der Waals surface area contributed by atoms with Crippen LogP contribution < -0.4 is 16.2 Å². The average Bonchev–Trinajstić information content (AvgIpc) is 3.08. The first kappa shape index (κ1) is 28.4. The molecule has 6 aromatic carbocycles. The Hall–Kier alpha value is -4.82. The van der Waals surface area contributed by atoms with Gasteiger partial charge in [-0.25, -0.2) is 0 Å². The van der Waals surface area contributed by atoms with E-state index in [9.17, 15) is 0 Å². The van der Waals surface area contributed by atoms with Crippen molar-refractivity contribution in [2.45, 2.75) is 57.8 Å². The molecule has 2 heteroatoms. The molecule has 0 bridgehead atoms. The molecule has 2 aliphatic carbocycles. The highest BCUT2D eigenvalue weighted by atomic mass is 14.9. The van der Waals surface area contributed by atoms with Crippen molar-refractivity contribution in [2.75, 3.05) is 5.32 Å². The maximum absolute atomic E-state index is 3.90. The molecule has 0 saturated heterocycles. The summed E-state index contributed by atoms with van der Waals surface area (Å²) in [6.45, 7) is 11.9. The van der Waals surface area contributed by atoms with Crippen molar-refractivity contribution < 1.29 is 0 Å². The van der Waals surface area contributed by atoms with Crippen LogP contribution in [0.25, 0.3) is 22.3 Å². The lowest BCUT2D eigenvalue weighted by Gasteiger charge is -2.44. The molecular formula is C45H39BN. The molecule has 6 aromatic rings. The second-order valence-corrected chi connectivity index (χ2v) is 14.9. The van der Waals surface area contributed by atoms with E-state index in [-0.39, 0.29) is 10.8 Å². The number of anilines is 2. The van der Waals surface area contributed by atoms with Crippen LogP contribution in [0.3, 0.4) is 0 Å². The molecule has 0 amide bonds. The van der Waals surface area contributed by atoms with Gasteiger partial charge in [0.1, 0.15) is 0 Å². The molecule has 47 heavy (non-hydrogen) atoms. The first-order valence-corrected chi connectivity index (χ1v) is 17.0. The van der Waals surface area contributed by atoms with E-state index < -0.39 is 0 Å². The highest BCUT2D eigenvalue weighted by Crippen LogP contribution is 2.52. The van der Waals surface area contributed by atoms with Crippen molar-refractivity contribution >= 4 is 29.6 Å². The van der Waals surface area contributed by atoms with Crippen LogP contribution in [0.1, 0.15) is 78.1 Å². The Bertz CT molecular complexity index is 2240. The monoisotopic (exact) mass is 604 g/mol. The first-order valence-electron chi connectivity index (χ1n) is 17.0. The van der Waals surface area contributed by atoms with Gasteiger partial charge in [-0.2, -0.15) is 0 Å². The summed E-state index contributed by atoms with van der Waals surface area (Å²) in [4.78, 5) is 0. The van der Waals surface area contributed by atoms with Gasteiger partial charge in [-0.05, 0) is 93.2 Å². The number of fused-ring (bicyclic) bond motifs is 6. The Morgan fingerprint density at radius 3 is 2.02 bits per heavy atom. The van der Waals surface area contributed by atoms with E-state index in [1.165, 1.54) is 77.7 Å². The molecule has 0 aromatic heterocycles. The molecule has 3 aliphatic rings. The normalized spacial score (nSPS) is 17.3. The molecule has 1 N–H and O–H groups in total. The zero-order chi connectivity index (χ0) is 32.1. The lowest BCUT2D eigenvalue weighted by Crippen LogP contribution is -2.42. The number of para-hydroxylation sites is 1. The van der Waals surface area contributed by atoms with Crippen molar-refractivity contribution in [3.05, 3.63) is 166 Å². The van der Waals surface area contributed by atoms with Crippen LogP contribution >= 0.6 is 0 Å². The van der Waals surface area contributed by atoms with Crippen LogP contribution in [-0.4, -0.2) is 7.28 Å². The Kier molecular flexibility index (Phi) is 6.10. The largest absolute Gasteiger partial charge is 0.355 e. The Labute approximate surface area is 280 Å². The fourth-order valence-electron chi connectivity index (χ4n) is 9.03. The van der Waals surface area contributed by atoms with Gasteiger partial charge in [0.15, 0.2) is 7.28 Å². The highest BCUT2D eigenvalue weighted by molar-refractivity contribution is 6.70. The Morgan fingerprint density at radius 2 is 1.26 bits per heavy atom. The number of hydrogen-bond donors (Lipinski definition) is 1. The van der Waals surface area contributed by atoms with E-state index in [4.69, 9.17) is 0 Å². The van der Waals surface area contributed by atoms with Gasteiger partial charge in [-0.1, -0.05) is 141 Å². The highest BCUT2D eigenvalue weighted by Gasteiger charge is 2.42. The van der Waals surface area contributed by atoms with Crippen LogP contribution in [0.2, 0.25) is 0 Å². The van der Waals surface area contributed by atoms with Gasteiger partial charge in [0.25, 0.3) is 0 Å². The van der Waals surface area contributed by atoms with E-state index >= 15 is 0 Å². The fraction of sp³-hybridized carbons (Fsp3) is 0.200. The minimum Gasteiger partial charge on any atom is -0.355 e. The molecule has 1 aliphatic heterocycles. The van der Waals surface area contributed by atoms with Crippen LogP contribution in [0.15, 0.2) is 121 Å². The lowest BCUT2D eigenvalue weighted by atomic mass is 9.50. The quantitative estimate of drug-likeness (QED) is 0.198. The molecule has 0 fully saturated rings. The zero-order valence-electron chi connectivity index (χ0n) is 27.9. The van der Waals surface area contributed by atoms with Gasteiger partial charge in [-0.3, -0.25) is 0 Å². The molecule has 227 valence electrons. The molecule has 1 atom stereocenters. The van der Waals surface area contributed by atoms with Crippen LogP contribution in [-0.2, 0) is 17.3 Å². The Morgan fingerprint density at radius 1 is 0.596 bits per heavy atom. The van der Waals surface area contributed by atoms with Crippen LogP contribution in [0.5, 0.6) is 0 Å². The topological polar surface area (TPSA) is 12.0 Å². The van der Waals surface area contributed by atoms with E-state index in [2.05, 4.69) is 169 Å². The number of benzene rings is 6. The molecule has 1 radical (unpaired) electrons. The zero-order valence-corrected chi connectivity index (χ0v) is 27.9. The van der Waals surface area contributed by atoms with E-state index in [1.54, 1.807) is 0 Å². The third kappa shape index (κ3) is 4.17. The summed E-state index contributed by atoms with van der Waals surface area (Å²) >= 11 is 0. The summed E-state index contributed by atoms with van der Waals surface area (Å²) < 4.78 is 0. The summed E-state index contributed by atoms with van der Waals surface area (Å²) in [7, 11) is 2.48. The number of rotatable bonds is 3. The van der Waals surface area contributed by atoms with Crippen molar-refractivity contribution in [1.82, 2.24) is 0 Å². The number of aryl methyl sites for hydroxylation is 1. The molecule has 1 heterocycles. The van der Waals surface area contributed by atoms with Crippen LogP contribution in [0, 0.1) is 6.92 Å². The number of hydrogen-bond acceptors (Lipinski definition) is 1. The summed E-state index contributed by atoms with van der Waals surface area (Å²) in [5, 5.41) is 3.90. The molecular weight excluding hydrogens is 565 g/mol. The standard InChI is InChI=1S/C45H39BN/c1-27-22-34(43-35(23-27)33-24-28-14-9-10-17-30(28)31-18-13-21-40(46-43)42(31)33)32-25-38-39(26-41(32)47-29-15-7-6-8-16-29)45(4,5)37-20-12-11-19-36(37)44(38,2)3/h6-23,25-26,33,47H,24H2,1-5H3. The molecule has 0 spiro atoms. The van der Waals surface area contributed by atoms with E-state index in [1.807, 2.05) is 0 Å². The maximum Gasteiger partial charge on any atom is 0.193 e. The van der Waals surface area contributed by atoms with Gasteiger partial charge in [0.2, 0.25) is 0 Å². The minimum atomic E-state index is -0.135. The molecule has 0 saturated carbocycles. The van der Waals surface area contributed by atoms with Gasteiger partial charge in [-0.15, -0.1) is 0 Å². The summed E-state index contributed by atoms with van der Waals surface area (Å²) in [6, 6.07) is 45.5. The van der Waals surface area contributed by atoms with Crippen molar-refractivity contribution in [1.29, 1.82) is 0 Å². The third-order valence-electron chi connectivity index (χ3n) is 11.4. The summed E-state index contributed by atoms with van der Waals surface area (Å²) in [5.74, 6) is 0.333. The van der Waals surface area contributed by atoms with Gasteiger partial charge in [0.05, 0.1) is 0 Å². The van der Waals surface area contributed by atoms with Crippen molar-refractivity contribution in [3.8, 4) is 22.3 Å². The summed E-state index contributed by atoms with van der Waals surface area (Å²) in [5.41, 5.74) is 21.4. The second kappa shape index (κ2) is 10.1. The van der Waals surface area contributed by atoms with Crippen LogP contribution in [0.4, 0.5) is 11.4 Å². The number of nitrogens with one attached hydrogen (secondary N) is 1. The van der Waals surface area contributed by atoms with E-state index in [0.717, 1.165) is 17.8 Å². The van der Waals surface area contributed by atoms with Gasteiger partial charge < -0.3 is 5.32 Å². The first-order chi connectivity index (χ1) is 22.7. The van der Waals surface area contributed by atoms with Crippen molar-refractivity contribution in [3.63, 3.8) is 0 Å². The van der Waals surface area contributed by atoms with Crippen molar-refractivity contribution in [2.24, 2.45) is 0 Å². The average molecular weight is 605 g/mol. The lowest BCUT2D eigenvalue weighted by molar-refractivity contribution is 0.521. The smallest absolute Gasteiger partial charge is 0.193 e. The summed E-state index contributed by atoms with van der Waals surface area (Å²) in [6.07, 6.45) is 1.03. The Balaban J connectivity index is 1.30. The third-order valence-corrected chi connectivity index (χ3v) is 11.4. The van der Waals surface area contributed by atoms with Gasteiger partial charge in [0, 0.05) is 33.7 Å². The predicted octanol–water partition coefficient (Wildman–Crippen LogP) is 9.69. The molecule has 9 rings (SSSR count). The molecule has 1 nitrogen and oxygen atoms in total. The fourth-order valence-corrected chi connectivity index (χ4v) is 9.03. The maximum atomic E-state index is 3.90. The second-order valence-electron chi connectivity index (χ2n) is 14.9. The van der Waals surface area contributed by atoms with E-state index in [0.29, 0.717) is 5.92 Å². The minimum absolute atomic E-state index is 0.129. The SMILES string of the molecule is Cc1cc(-c2cc3c(cc2Nc2ccccc2)C(C)(C)c2ccccc2C3(C)C)c2c(c1)C1Cc3ccccc3-c3cccc(c31)[B]2. The predicted molar refractivity (Wildman–Crippen MR) is 199 cm³/mol.